The van der Waals surface area contributed by atoms with E-state index in [1.54, 1.807) is 18.4 Å². The number of hydrogen-bond donors (Lipinski definition) is 8. The Hall–Kier alpha value is -3.85. The van der Waals surface area contributed by atoms with Crippen LogP contribution >= 0.6 is 11.8 Å². The zero-order valence-electron chi connectivity index (χ0n) is 24.2. The summed E-state index contributed by atoms with van der Waals surface area (Å²) in [7, 11) is 0. The Morgan fingerprint density at radius 3 is 1.90 bits per heavy atom. The van der Waals surface area contributed by atoms with Crippen molar-refractivity contribution in [2.24, 2.45) is 17.4 Å². The summed E-state index contributed by atoms with van der Waals surface area (Å²) in [5, 5.41) is 28.7. The number of carboxylic acids is 1. The van der Waals surface area contributed by atoms with Gasteiger partial charge in [0.1, 0.15) is 29.9 Å². The van der Waals surface area contributed by atoms with Crippen molar-refractivity contribution in [1.29, 1.82) is 0 Å². The van der Waals surface area contributed by atoms with Crippen LogP contribution in [0.4, 0.5) is 0 Å². The molecule has 0 fully saturated rings. The van der Waals surface area contributed by atoms with Crippen molar-refractivity contribution in [1.82, 2.24) is 21.3 Å². The number of benzene rings is 1. The quantitative estimate of drug-likeness (QED) is 0.101. The molecule has 0 saturated carbocycles. The van der Waals surface area contributed by atoms with Crippen LogP contribution in [0.5, 0.6) is 5.75 Å². The standard InChI is InChI=1S/C27H42N6O8S/c1-14(2)11-18(28)24(37)33-20(12-16-5-7-17(34)8-6-16)25(38)30-15(3)23(36)32-21(13-22(29)35)26(39)31-19(27(40)41)9-10-42-4/h5-8,14-15,18-21,34H,9-13,28H2,1-4H3,(H2,29,35)(H,30,38)(H,31,39)(H,32,36)(H,33,37)(H,40,41)/t15-,18-,19-,20-,21-/m0/s1. The van der Waals surface area contributed by atoms with Gasteiger partial charge in [0.15, 0.2) is 0 Å². The number of amides is 5. The van der Waals surface area contributed by atoms with Crippen LogP contribution in [0.2, 0.25) is 0 Å². The summed E-state index contributed by atoms with van der Waals surface area (Å²) in [6.07, 6.45) is 1.66. The molecule has 0 aromatic heterocycles. The fraction of sp³-hybridized carbons (Fsp3) is 0.556. The monoisotopic (exact) mass is 610 g/mol. The molecule has 0 unspecified atom stereocenters. The first kappa shape index (κ1) is 36.2. The maximum atomic E-state index is 13.2. The zero-order valence-corrected chi connectivity index (χ0v) is 25.0. The highest BCUT2D eigenvalue weighted by molar-refractivity contribution is 7.98. The zero-order chi connectivity index (χ0) is 32.0. The smallest absolute Gasteiger partial charge is 0.326 e. The molecule has 0 spiro atoms. The number of carbonyl (C=O) groups is 6. The van der Waals surface area contributed by atoms with E-state index >= 15 is 0 Å². The maximum absolute atomic E-state index is 13.2. The fourth-order valence-corrected chi connectivity index (χ4v) is 4.29. The SMILES string of the molecule is CSCC[C@H](NC(=O)[C@H](CC(N)=O)NC(=O)[C@H](C)NC(=O)[C@H](Cc1ccc(O)cc1)NC(=O)[C@@H](N)CC(C)C)C(=O)O. The first-order chi connectivity index (χ1) is 19.6. The summed E-state index contributed by atoms with van der Waals surface area (Å²) < 4.78 is 0. The second-order valence-corrected chi connectivity index (χ2v) is 11.3. The molecule has 5 atom stereocenters. The van der Waals surface area contributed by atoms with Gasteiger partial charge in [-0.3, -0.25) is 24.0 Å². The largest absolute Gasteiger partial charge is 0.508 e. The van der Waals surface area contributed by atoms with E-state index in [2.05, 4.69) is 21.3 Å². The third-order valence-corrected chi connectivity index (χ3v) is 6.73. The Morgan fingerprint density at radius 1 is 0.833 bits per heavy atom. The predicted octanol–water partition coefficient (Wildman–Crippen LogP) is -1.02. The number of phenols is 1. The van der Waals surface area contributed by atoms with Crippen molar-refractivity contribution in [3.05, 3.63) is 29.8 Å². The number of thioether (sulfide) groups is 1. The summed E-state index contributed by atoms with van der Waals surface area (Å²) >= 11 is 1.38. The van der Waals surface area contributed by atoms with Gasteiger partial charge in [0.2, 0.25) is 29.5 Å². The number of aliphatic carboxylic acids is 1. The van der Waals surface area contributed by atoms with Gasteiger partial charge in [0.05, 0.1) is 12.5 Å². The van der Waals surface area contributed by atoms with E-state index in [0.29, 0.717) is 17.7 Å². The minimum Gasteiger partial charge on any atom is -0.508 e. The Bertz CT molecular complexity index is 1100. The van der Waals surface area contributed by atoms with Crippen LogP contribution < -0.4 is 32.7 Å². The van der Waals surface area contributed by atoms with Crippen molar-refractivity contribution in [2.45, 2.75) is 76.7 Å². The minimum absolute atomic E-state index is 0.0138. The third-order valence-electron chi connectivity index (χ3n) is 6.09. The number of nitrogens with two attached hydrogens (primary N) is 2. The average Bonchev–Trinajstić information content (AvgIpc) is 2.90. The third kappa shape index (κ3) is 13.2. The maximum Gasteiger partial charge on any atom is 0.326 e. The molecule has 1 aromatic rings. The van der Waals surface area contributed by atoms with Crippen LogP contribution in [0, 0.1) is 5.92 Å². The summed E-state index contributed by atoms with van der Waals surface area (Å²) in [5.74, 6) is -4.69. The number of rotatable bonds is 18. The second kappa shape index (κ2) is 17.9. The summed E-state index contributed by atoms with van der Waals surface area (Å²) in [6.45, 7) is 5.12. The normalized spacial score (nSPS) is 14.5. The van der Waals surface area contributed by atoms with Crippen LogP contribution in [-0.2, 0) is 35.2 Å². The molecule has 0 saturated heterocycles. The topological polar surface area (TPSA) is 243 Å². The average molecular weight is 611 g/mol. The van der Waals surface area contributed by atoms with Crippen molar-refractivity contribution in [3.8, 4) is 5.75 Å². The van der Waals surface area contributed by atoms with E-state index in [-0.39, 0.29) is 24.5 Å². The molecule has 234 valence electrons. The lowest BCUT2D eigenvalue weighted by molar-refractivity contribution is -0.142. The van der Waals surface area contributed by atoms with Crippen molar-refractivity contribution >= 4 is 47.3 Å². The molecular formula is C27H42N6O8S. The van der Waals surface area contributed by atoms with E-state index < -0.39 is 72.1 Å². The molecule has 1 rings (SSSR count). The lowest BCUT2D eigenvalue weighted by Crippen LogP contribution is -2.58. The van der Waals surface area contributed by atoms with E-state index in [4.69, 9.17) is 11.5 Å². The number of nitrogens with one attached hydrogen (secondary N) is 4. The predicted molar refractivity (Wildman–Crippen MR) is 157 cm³/mol. The van der Waals surface area contributed by atoms with Crippen LogP contribution in [0.1, 0.15) is 45.6 Å². The van der Waals surface area contributed by atoms with Gasteiger partial charge < -0.3 is 42.9 Å². The van der Waals surface area contributed by atoms with E-state index in [1.165, 1.54) is 30.8 Å². The summed E-state index contributed by atoms with van der Waals surface area (Å²) in [6, 6.07) is -0.0131. The molecule has 0 heterocycles. The molecule has 0 aliphatic rings. The highest BCUT2D eigenvalue weighted by atomic mass is 32.2. The van der Waals surface area contributed by atoms with Crippen LogP contribution in [0.3, 0.4) is 0 Å². The van der Waals surface area contributed by atoms with Gasteiger partial charge in [-0.2, -0.15) is 11.8 Å². The van der Waals surface area contributed by atoms with Gasteiger partial charge in [0.25, 0.3) is 0 Å². The number of aromatic hydroxyl groups is 1. The molecule has 42 heavy (non-hydrogen) atoms. The highest BCUT2D eigenvalue weighted by Gasteiger charge is 2.31. The summed E-state index contributed by atoms with van der Waals surface area (Å²) in [5.41, 5.74) is 11.8. The Labute approximate surface area is 249 Å². The molecule has 14 nitrogen and oxygen atoms in total. The molecule has 5 amide bonds. The molecule has 15 heteroatoms. The molecule has 0 bridgehead atoms. The van der Waals surface area contributed by atoms with Gasteiger partial charge >= 0.3 is 5.97 Å². The van der Waals surface area contributed by atoms with Gasteiger partial charge in [-0.25, -0.2) is 4.79 Å². The van der Waals surface area contributed by atoms with E-state index in [1.807, 2.05) is 13.8 Å². The van der Waals surface area contributed by atoms with Gasteiger partial charge in [-0.1, -0.05) is 26.0 Å². The van der Waals surface area contributed by atoms with Crippen molar-refractivity contribution < 1.29 is 39.0 Å². The first-order valence-corrected chi connectivity index (χ1v) is 14.8. The van der Waals surface area contributed by atoms with Crippen LogP contribution in [0.25, 0.3) is 0 Å². The lowest BCUT2D eigenvalue weighted by Gasteiger charge is -2.25. The van der Waals surface area contributed by atoms with Gasteiger partial charge in [0, 0.05) is 6.42 Å². The number of carboxylic acid groups (broad SMARTS) is 1. The lowest BCUT2D eigenvalue weighted by atomic mass is 10.0. The Balaban J connectivity index is 3.02. The number of phenolic OH excluding ortho intramolecular Hbond substituents is 1. The molecule has 0 aliphatic carbocycles. The van der Waals surface area contributed by atoms with Crippen molar-refractivity contribution in [3.63, 3.8) is 0 Å². The molecular weight excluding hydrogens is 568 g/mol. The van der Waals surface area contributed by atoms with Crippen LogP contribution in [-0.4, -0.2) is 87.9 Å². The minimum atomic E-state index is -1.49. The van der Waals surface area contributed by atoms with Gasteiger partial charge in [-0.15, -0.1) is 0 Å². The Kier molecular flexibility index (Phi) is 15.4. The Morgan fingerprint density at radius 2 is 1.38 bits per heavy atom. The number of primary amides is 1. The fourth-order valence-electron chi connectivity index (χ4n) is 3.82. The molecule has 0 radical (unpaired) electrons. The van der Waals surface area contributed by atoms with Crippen LogP contribution in [0.15, 0.2) is 24.3 Å². The number of carbonyl (C=O) groups excluding carboxylic acids is 5. The van der Waals surface area contributed by atoms with E-state index in [0.717, 1.165) is 0 Å². The molecule has 0 aliphatic heterocycles. The van der Waals surface area contributed by atoms with E-state index in [9.17, 15) is 39.0 Å². The van der Waals surface area contributed by atoms with Crippen molar-refractivity contribution in [2.75, 3.05) is 12.0 Å². The highest BCUT2D eigenvalue weighted by Crippen LogP contribution is 2.12. The van der Waals surface area contributed by atoms with Gasteiger partial charge in [-0.05, 0) is 55.4 Å². The number of hydrogen-bond acceptors (Lipinski definition) is 9. The summed E-state index contributed by atoms with van der Waals surface area (Å²) in [4.78, 5) is 74.7. The second-order valence-electron chi connectivity index (χ2n) is 10.3. The molecule has 1 aromatic carbocycles. The first-order valence-electron chi connectivity index (χ1n) is 13.4. The molecule has 10 N–H and O–H groups in total.